The van der Waals surface area contributed by atoms with E-state index in [0.717, 1.165) is 6.42 Å². The number of nitrogens with one attached hydrogen (secondary N) is 2. The molecule has 0 spiro atoms. The van der Waals surface area contributed by atoms with Crippen molar-refractivity contribution >= 4 is 29.4 Å². The van der Waals surface area contributed by atoms with E-state index in [2.05, 4.69) is 10.6 Å². The maximum Gasteiger partial charge on any atom is 0.329 e. The lowest BCUT2D eigenvalue weighted by molar-refractivity contribution is -0.151. The molecule has 0 saturated heterocycles. The predicted octanol–water partition coefficient (Wildman–Crippen LogP) is 1.19. The molecule has 0 atom stereocenters. The van der Waals surface area contributed by atoms with Crippen LogP contribution >= 0.6 is 11.6 Å². The first-order chi connectivity index (χ1) is 9.94. The topological polar surface area (TPSA) is 95.5 Å². The summed E-state index contributed by atoms with van der Waals surface area (Å²) in [6.07, 6.45) is 1.58. The number of aliphatic carboxylic acids is 1. The molecular weight excluding hydrogens is 296 g/mol. The van der Waals surface area contributed by atoms with Crippen LogP contribution in [0.1, 0.15) is 29.6 Å². The second kappa shape index (κ2) is 6.13. The van der Waals surface area contributed by atoms with E-state index in [1.807, 2.05) is 0 Å². The van der Waals surface area contributed by atoms with Gasteiger partial charge in [-0.25, -0.2) is 4.79 Å². The zero-order valence-electron chi connectivity index (χ0n) is 11.2. The van der Waals surface area contributed by atoms with Gasteiger partial charge in [0.05, 0.1) is 17.1 Å². The molecule has 2 amide bonds. The molecule has 0 aromatic heterocycles. The molecule has 6 nitrogen and oxygen atoms in total. The first-order valence-corrected chi connectivity index (χ1v) is 6.89. The molecule has 1 fully saturated rings. The van der Waals surface area contributed by atoms with Crippen molar-refractivity contribution < 1.29 is 19.5 Å². The van der Waals surface area contributed by atoms with Gasteiger partial charge in [0.25, 0.3) is 5.91 Å². The van der Waals surface area contributed by atoms with Gasteiger partial charge in [-0.3, -0.25) is 9.59 Å². The van der Waals surface area contributed by atoms with Crippen LogP contribution in [0.3, 0.4) is 0 Å². The molecule has 2 rings (SSSR count). The highest BCUT2D eigenvalue weighted by atomic mass is 35.5. The molecule has 1 aromatic carbocycles. The van der Waals surface area contributed by atoms with Crippen molar-refractivity contribution in [2.24, 2.45) is 0 Å². The summed E-state index contributed by atoms with van der Waals surface area (Å²) in [6, 6.07) is 6.47. The van der Waals surface area contributed by atoms with Crippen molar-refractivity contribution in [2.45, 2.75) is 24.8 Å². The van der Waals surface area contributed by atoms with Gasteiger partial charge in [0.2, 0.25) is 5.91 Å². The molecule has 0 radical (unpaired) electrons. The number of amides is 2. The van der Waals surface area contributed by atoms with Crippen molar-refractivity contribution in [1.29, 1.82) is 0 Å². The van der Waals surface area contributed by atoms with E-state index < -0.39 is 23.3 Å². The maximum atomic E-state index is 11.9. The number of carbonyl (C=O) groups excluding carboxylic acids is 2. The third-order valence-electron chi connectivity index (χ3n) is 3.52. The summed E-state index contributed by atoms with van der Waals surface area (Å²) >= 11 is 5.87. The van der Waals surface area contributed by atoms with Crippen molar-refractivity contribution in [1.82, 2.24) is 10.6 Å². The quantitative estimate of drug-likeness (QED) is 0.761. The smallest absolute Gasteiger partial charge is 0.329 e. The summed E-state index contributed by atoms with van der Waals surface area (Å²) < 4.78 is 0. The van der Waals surface area contributed by atoms with Gasteiger partial charge in [-0.05, 0) is 31.4 Å². The Labute approximate surface area is 126 Å². The number of hydrogen-bond donors (Lipinski definition) is 3. The Morgan fingerprint density at radius 3 is 2.43 bits per heavy atom. The fraction of sp³-hybridized carbons (Fsp3) is 0.357. The van der Waals surface area contributed by atoms with E-state index in [4.69, 9.17) is 16.7 Å². The highest BCUT2D eigenvalue weighted by Crippen LogP contribution is 2.31. The highest BCUT2D eigenvalue weighted by Gasteiger charge is 2.45. The molecule has 1 aliphatic rings. The van der Waals surface area contributed by atoms with Crippen molar-refractivity contribution in [3.8, 4) is 0 Å². The molecule has 7 heteroatoms. The molecule has 0 unspecified atom stereocenters. The summed E-state index contributed by atoms with van der Waals surface area (Å²) in [5, 5.41) is 14.3. The summed E-state index contributed by atoms with van der Waals surface area (Å²) in [5.41, 5.74) is -0.907. The normalized spacial score (nSPS) is 15.7. The Morgan fingerprint density at radius 1 is 1.24 bits per heavy atom. The van der Waals surface area contributed by atoms with E-state index in [9.17, 15) is 14.4 Å². The van der Waals surface area contributed by atoms with E-state index in [1.165, 1.54) is 0 Å². The lowest BCUT2D eigenvalue weighted by atomic mass is 9.77. The van der Waals surface area contributed by atoms with Crippen LogP contribution in [0.5, 0.6) is 0 Å². The van der Waals surface area contributed by atoms with Gasteiger partial charge in [-0.2, -0.15) is 0 Å². The van der Waals surface area contributed by atoms with Crippen LogP contribution in [-0.2, 0) is 9.59 Å². The SMILES string of the molecule is O=C(CNC(=O)c1ccccc1Cl)NC1(C(=O)O)CCC1. The summed E-state index contributed by atoms with van der Waals surface area (Å²) in [6.45, 7) is -0.293. The second-order valence-electron chi connectivity index (χ2n) is 4.95. The largest absolute Gasteiger partial charge is 0.480 e. The molecule has 21 heavy (non-hydrogen) atoms. The number of halogens is 1. The van der Waals surface area contributed by atoms with Gasteiger partial charge in [0.15, 0.2) is 0 Å². The summed E-state index contributed by atoms with van der Waals surface area (Å²) in [5.74, 6) is -2.05. The summed E-state index contributed by atoms with van der Waals surface area (Å²) in [4.78, 5) is 34.7. The fourth-order valence-corrected chi connectivity index (χ4v) is 2.36. The van der Waals surface area contributed by atoms with Gasteiger partial charge < -0.3 is 15.7 Å². The van der Waals surface area contributed by atoms with Crippen LogP contribution in [0.25, 0.3) is 0 Å². The van der Waals surface area contributed by atoms with E-state index in [-0.39, 0.29) is 17.1 Å². The van der Waals surface area contributed by atoms with E-state index in [1.54, 1.807) is 24.3 Å². The van der Waals surface area contributed by atoms with Crippen LogP contribution < -0.4 is 10.6 Å². The number of rotatable bonds is 5. The fourth-order valence-electron chi connectivity index (χ4n) is 2.13. The molecule has 3 N–H and O–H groups in total. The van der Waals surface area contributed by atoms with Gasteiger partial charge in [-0.15, -0.1) is 0 Å². The van der Waals surface area contributed by atoms with E-state index >= 15 is 0 Å². The first-order valence-electron chi connectivity index (χ1n) is 6.52. The molecule has 112 valence electrons. The van der Waals surface area contributed by atoms with Crippen LogP contribution in [0.15, 0.2) is 24.3 Å². The Bertz CT molecular complexity index is 584. The summed E-state index contributed by atoms with van der Waals surface area (Å²) in [7, 11) is 0. The molecule has 0 bridgehead atoms. The van der Waals surface area contributed by atoms with Crippen molar-refractivity contribution in [2.75, 3.05) is 6.54 Å². The molecule has 0 heterocycles. The number of hydrogen-bond acceptors (Lipinski definition) is 3. The Balaban J connectivity index is 1.88. The molecule has 1 aliphatic carbocycles. The number of carboxylic acid groups (broad SMARTS) is 1. The minimum atomic E-state index is -1.17. The molecule has 0 aliphatic heterocycles. The Kier molecular flexibility index (Phi) is 4.47. The lowest BCUT2D eigenvalue weighted by Gasteiger charge is -2.38. The second-order valence-corrected chi connectivity index (χ2v) is 5.36. The van der Waals surface area contributed by atoms with E-state index in [0.29, 0.717) is 12.8 Å². The van der Waals surface area contributed by atoms with Crippen LogP contribution in [0, 0.1) is 0 Å². The van der Waals surface area contributed by atoms with Crippen LogP contribution in [-0.4, -0.2) is 35.0 Å². The van der Waals surface area contributed by atoms with Gasteiger partial charge in [0.1, 0.15) is 5.54 Å². The zero-order chi connectivity index (χ0) is 15.5. The minimum absolute atomic E-state index is 0.267. The number of carbonyl (C=O) groups is 3. The maximum absolute atomic E-state index is 11.9. The van der Waals surface area contributed by atoms with Gasteiger partial charge >= 0.3 is 5.97 Å². The van der Waals surface area contributed by atoms with Crippen LogP contribution in [0.2, 0.25) is 5.02 Å². The van der Waals surface area contributed by atoms with Gasteiger partial charge in [-0.1, -0.05) is 23.7 Å². The van der Waals surface area contributed by atoms with Crippen LogP contribution in [0.4, 0.5) is 0 Å². The molecule has 1 aromatic rings. The van der Waals surface area contributed by atoms with Gasteiger partial charge in [0, 0.05) is 0 Å². The first kappa shape index (κ1) is 15.3. The van der Waals surface area contributed by atoms with Crippen molar-refractivity contribution in [3.05, 3.63) is 34.9 Å². The standard InChI is InChI=1S/C14H15ClN2O4/c15-10-5-2-1-4-9(10)12(19)16-8-11(18)17-14(13(20)21)6-3-7-14/h1-2,4-5H,3,6-8H2,(H,16,19)(H,17,18)(H,20,21). The number of carboxylic acids is 1. The lowest BCUT2D eigenvalue weighted by Crippen LogP contribution is -2.60. The highest BCUT2D eigenvalue weighted by molar-refractivity contribution is 6.33. The third-order valence-corrected chi connectivity index (χ3v) is 3.85. The third kappa shape index (κ3) is 3.33. The predicted molar refractivity (Wildman–Crippen MR) is 76.1 cm³/mol. The Hall–Kier alpha value is -2.08. The molecule has 1 saturated carbocycles. The average molecular weight is 311 g/mol. The average Bonchev–Trinajstić information content (AvgIpc) is 2.40. The zero-order valence-corrected chi connectivity index (χ0v) is 11.9. The minimum Gasteiger partial charge on any atom is -0.480 e. The Morgan fingerprint density at radius 2 is 1.90 bits per heavy atom. The number of benzene rings is 1. The van der Waals surface area contributed by atoms with Crippen molar-refractivity contribution in [3.63, 3.8) is 0 Å². The monoisotopic (exact) mass is 310 g/mol. The molecular formula is C14H15ClN2O4.